The van der Waals surface area contributed by atoms with Gasteiger partial charge in [-0.1, -0.05) is 12.1 Å². The van der Waals surface area contributed by atoms with Crippen LogP contribution in [-0.2, 0) is 16.2 Å². The molecule has 0 spiro atoms. The van der Waals surface area contributed by atoms with Crippen molar-refractivity contribution >= 4 is 10.0 Å². The topological polar surface area (TPSA) is 57.6 Å². The molecule has 1 aromatic carbocycles. The van der Waals surface area contributed by atoms with Gasteiger partial charge in [0, 0.05) is 19.2 Å². The average Bonchev–Trinajstić information content (AvgIpc) is 2.46. The molecule has 1 aliphatic heterocycles. The Morgan fingerprint density at radius 3 is 2.50 bits per heavy atom. The lowest BCUT2D eigenvalue weighted by Crippen LogP contribution is -2.46. The van der Waals surface area contributed by atoms with E-state index < -0.39 is 32.7 Å². The van der Waals surface area contributed by atoms with Crippen LogP contribution in [0.1, 0.15) is 25.3 Å². The van der Waals surface area contributed by atoms with Crippen LogP contribution >= 0.6 is 0 Å². The van der Waals surface area contributed by atoms with Crippen molar-refractivity contribution < 1.29 is 26.7 Å². The number of alkyl halides is 3. The van der Waals surface area contributed by atoms with E-state index in [4.69, 9.17) is 0 Å². The molecule has 2 atom stereocenters. The van der Waals surface area contributed by atoms with Crippen LogP contribution in [0.4, 0.5) is 13.2 Å². The van der Waals surface area contributed by atoms with Crippen molar-refractivity contribution in [3.05, 3.63) is 29.8 Å². The third kappa shape index (κ3) is 3.28. The van der Waals surface area contributed by atoms with E-state index in [2.05, 4.69) is 0 Å². The van der Waals surface area contributed by atoms with Gasteiger partial charge >= 0.3 is 6.18 Å². The summed E-state index contributed by atoms with van der Waals surface area (Å²) in [4.78, 5) is -0.729. The second-order valence-electron chi connectivity index (χ2n) is 5.54. The fraction of sp³-hybridized carbons (Fsp3) is 0.571. The van der Waals surface area contributed by atoms with Crippen LogP contribution in [0, 0.1) is 5.92 Å². The summed E-state index contributed by atoms with van der Waals surface area (Å²) in [6, 6.07) is 3.80. The van der Waals surface area contributed by atoms with Gasteiger partial charge in [-0.25, -0.2) is 8.42 Å². The molecule has 1 heterocycles. The van der Waals surface area contributed by atoms with Crippen LogP contribution in [0.5, 0.6) is 0 Å². The molecular formula is C14H18F3NO3S. The Kier molecular flexibility index (Phi) is 4.84. The van der Waals surface area contributed by atoms with Gasteiger partial charge in [-0.05, 0) is 37.8 Å². The van der Waals surface area contributed by atoms with E-state index in [0.29, 0.717) is 12.8 Å². The van der Waals surface area contributed by atoms with Crippen molar-refractivity contribution in [2.75, 3.05) is 13.2 Å². The molecule has 0 amide bonds. The highest BCUT2D eigenvalue weighted by Crippen LogP contribution is 2.37. The standard InChI is InChI=1S/C14H18F3NO3S/c1-10-6-7-11(9-19)8-18(10)22(20,21)13-5-3-2-4-12(13)14(15,16)17/h2-5,10-11,19H,6-9H2,1H3. The molecule has 1 N–H and O–H groups in total. The molecule has 124 valence electrons. The zero-order valence-corrected chi connectivity index (χ0v) is 12.9. The lowest BCUT2D eigenvalue weighted by atomic mass is 9.96. The molecule has 4 nitrogen and oxygen atoms in total. The first kappa shape index (κ1) is 17.2. The van der Waals surface area contributed by atoms with Crippen molar-refractivity contribution in [1.29, 1.82) is 0 Å². The summed E-state index contributed by atoms with van der Waals surface area (Å²) >= 11 is 0. The number of rotatable bonds is 3. The zero-order valence-electron chi connectivity index (χ0n) is 12.0. The van der Waals surface area contributed by atoms with E-state index in [1.165, 1.54) is 6.07 Å². The maximum atomic E-state index is 13.1. The van der Waals surface area contributed by atoms with Crippen LogP contribution in [-0.4, -0.2) is 37.0 Å². The number of halogens is 3. The van der Waals surface area contributed by atoms with Crippen LogP contribution in [0.2, 0.25) is 0 Å². The van der Waals surface area contributed by atoms with Crippen LogP contribution < -0.4 is 0 Å². The highest BCUT2D eigenvalue weighted by Gasteiger charge is 2.41. The maximum absolute atomic E-state index is 13.1. The van der Waals surface area contributed by atoms with Gasteiger partial charge in [0.1, 0.15) is 0 Å². The second-order valence-corrected chi connectivity index (χ2v) is 7.40. The summed E-state index contributed by atoms with van der Waals surface area (Å²) < 4.78 is 65.6. The number of aliphatic hydroxyl groups excluding tert-OH is 1. The predicted octanol–water partition coefficient (Wildman–Crippen LogP) is 2.49. The highest BCUT2D eigenvalue weighted by molar-refractivity contribution is 7.89. The first-order valence-corrected chi connectivity index (χ1v) is 8.41. The SMILES string of the molecule is CC1CCC(CO)CN1S(=O)(=O)c1ccccc1C(F)(F)F. The van der Waals surface area contributed by atoms with Crippen molar-refractivity contribution in [3.8, 4) is 0 Å². The lowest BCUT2D eigenvalue weighted by molar-refractivity contribution is -0.139. The second kappa shape index (κ2) is 6.17. The molecule has 1 saturated heterocycles. The van der Waals surface area contributed by atoms with Crippen molar-refractivity contribution in [2.45, 2.75) is 36.9 Å². The van der Waals surface area contributed by atoms with Crippen LogP contribution in [0.25, 0.3) is 0 Å². The average molecular weight is 337 g/mol. The number of hydrogen-bond donors (Lipinski definition) is 1. The van der Waals surface area contributed by atoms with Crippen molar-refractivity contribution in [2.24, 2.45) is 5.92 Å². The third-order valence-electron chi connectivity index (χ3n) is 3.96. The Morgan fingerprint density at radius 2 is 1.91 bits per heavy atom. The molecule has 2 rings (SSSR count). The third-order valence-corrected chi connectivity index (χ3v) is 6.00. The van der Waals surface area contributed by atoms with Gasteiger partial charge < -0.3 is 5.11 Å². The molecule has 2 unspecified atom stereocenters. The summed E-state index contributed by atoms with van der Waals surface area (Å²) in [5.74, 6) is -0.246. The molecule has 8 heteroatoms. The first-order valence-electron chi connectivity index (χ1n) is 6.97. The Bertz CT molecular complexity index is 630. The van der Waals surface area contributed by atoms with Crippen molar-refractivity contribution in [3.63, 3.8) is 0 Å². The molecule has 0 bridgehead atoms. The van der Waals surface area contributed by atoms with Gasteiger partial charge in [-0.15, -0.1) is 0 Å². The normalized spacial score (nSPS) is 24.4. The quantitative estimate of drug-likeness (QED) is 0.922. The molecule has 0 aromatic heterocycles. The predicted molar refractivity (Wildman–Crippen MR) is 74.6 cm³/mol. The fourth-order valence-electron chi connectivity index (χ4n) is 2.68. The van der Waals surface area contributed by atoms with Gasteiger partial charge in [0.05, 0.1) is 10.5 Å². The van der Waals surface area contributed by atoms with Gasteiger partial charge in [0.2, 0.25) is 10.0 Å². The lowest BCUT2D eigenvalue weighted by Gasteiger charge is -2.36. The Hall–Kier alpha value is -1.12. The maximum Gasteiger partial charge on any atom is 0.417 e. The number of nitrogens with zero attached hydrogens (tertiary/aromatic N) is 1. The molecule has 1 fully saturated rings. The monoisotopic (exact) mass is 337 g/mol. The van der Waals surface area contributed by atoms with E-state index in [-0.39, 0.29) is 19.1 Å². The van der Waals surface area contributed by atoms with E-state index in [0.717, 1.165) is 22.5 Å². The largest absolute Gasteiger partial charge is 0.417 e. The Morgan fingerprint density at radius 1 is 1.27 bits per heavy atom. The molecule has 0 saturated carbocycles. The minimum Gasteiger partial charge on any atom is -0.396 e. The van der Waals surface area contributed by atoms with E-state index in [9.17, 15) is 26.7 Å². The summed E-state index contributed by atoms with van der Waals surface area (Å²) in [5, 5.41) is 9.21. The van der Waals surface area contributed by atoms with Gasteiger partial charge in [-0.3, -0.25) is 0 Å². The molecule has 1 aliphatic rings. The summed E-state index contributed by atoms with van der Waals surface area (Å²) in [5.41, 5.74) is -1.16. The number of hydrogen-bond acceptors (Lipinski definition) is 3. The Labute approximate surface area is 127 Å². The van der Waals surface area contributed by atoms with Crippen molar-refractivity contribution in [1.82, 2.24) is 4.31 Å². The first-order chi connectivity index (χ1) is 10.2. The molecule has 1 aromatic rings. The van der Waals surface area contributed by atoms with E-state index >= 15 is 0 Å². The number of piperidine rings is 1. The Balaban J connectivity index is 2.47. The van der Waals surface area contributed by atoms with Crippen LogP contribution in [0.15, 0.2) is 29.2 Å². The van der Waals surface area contributed by atoms with Gasteiger partial charge in [-0.2, -0.15) is 17.5 Å². The highest BCUT2D eigenvalue weighted by atomic mass is 32.2. The van der Waals surface area contributed by atoms with Gasteiger partial charge in [0.15, 0.2) is 0 Å². The van der Waals surface area contributed by atoms with E-state index in [1.807, 2.05) is 0 Å². The fourth-order valence-corrected chi connectivity index (χ4v) is 4.63. The molecule has 0 radical (unpaired) electrons. The molecule has 0 aliphatic carbocycles. The molecule has 22 heavy (non-hydrogen) atoms. The number of aliphatic hydroxyl groups is 1. The number of sulfonamides is 1. The minimum atomic E-state index is -4.74. The zero-order chi connectivity index (χ0) is 16.5. The summed E-state index contributed by atoms with van der Waals surface area (Å²) in [6.07, 6.45) is -3.57. The van der Waals surface area contributed by atoms with Gasteiger partial charge in [0.25, 0.3) is 0 Å². The molecular weight excluding hydrogens is 319 g/mol. The minimum absolute atomic E-state index is 0.0339. The summed E-state index contributed by atoms with van der Waals surface area (Å²) in [7, 11) is -4.27. The van der Waals surface area contributed by atoms with Crippen LogP contribution in [0.3, 0.4) is 0 Å². The number of benzene rings is 1. The summed E-state index contributed by atoms with van der Waals surface area (Å²) in [6.45, 7) is 1.52. The van der Waals surface area contributed by atoms with E-state index in [1.54, 1.807) is 6.92 Å². The smallest absolute Gasteiger partial charge is 0.396 e.